The van der Waals surface area contributed by atoms with Crippen molar-refractivity contribution in [3.63, 3.8) is 0 Å². The van der Waals surface area contributed by atoms with Crippen LogP contribution in [0.2, 0.25) is 0 Å². The van der Waals surface area contributed by atoms with Crippen molar-refractivity contribution in [1.82, 2.24) is 19.3 Å². The number of nitrogens with zero attached hydrogens (tertiary/aromatic N) is 4. The lowest BCUT2D eigenvalue weighted by Crippen LogP contribution is -2.67. The molecule has 7 rings (SSSR count). The number of aromatic nitrogens is 1. The number of rotatable bonds is 4. The number of amides is 2. The number of thiocarbonyl (C=S) groups is 1. The van der Waals surface area contributed by atoms with E-state index < -0.39 is 5.41 Å². The monoisotopic (exact) mass is 540 g/mol. The molecule has 0 spiro atoms. The summed E-state index contributed by atoms with van der Waals surface area (Å²) in [6.07, 6.45) is 3.40. The minimum atomic E-state index is -1.29. The molecule has 7 nitrogen and oxygen atoms in total. The van der Waals surface area contributed by atoms with Crippen molar-refractivity contribution >= 4 is 39.9 Å². The Morgan fingerprint density at radius 3 is 2.36 bits per heavy atom. The Kier molecular flexibility index (Phi) is 5.58. The first-order chi connectivity index (χ1) is 18.8. The van der Waals surface area contributed by atoms with Crippen LogP contribution in [0.25, 0.3) is 10.8 Å². The molecular formula is C31H32N4O3S. The molecule has 3 aromatic rings. The summed E-state index contributed by atoms with van der Waals surface area (Å²) in [7, 11) is 3.37. The summed E-state index contributed by atoms with van der Waals surface area (Å²) in [6.45, 7) is 2.47. The average Bonchev–Trinajstić information content (AvgIpc) is 3.36. The Hall–Kier alpha value is -3.36. The van der Waals surface area contributed by atoms with Crippen LogP contribution in [0.1, 0.15) is 34.7 Å². The van der Waals surface area contributed by atoms with E-state index in [0.717, 1.165) is 42.5 Å². The summed E-state index contributed by atoms with van der Waals surface area (Å²) in [5.41, 5.74) is 3.53. The first-order valence-corrected chi connectivity index (χ1v) is 14.2. The van der Waals surface area contributed by atoms with Crippen LogP contribution in [0.5, 0.6) is 0 Å². The second kappa shape index (κ2) is 8.83. The third-order valence-electron chi connectivity index (χ3n) is 9.51. The predicted molar refractivity (Wildman–Crippen MR) is 154 cm³/mol. The van der Waals surface area contributed by atoms with Gasteiger partial charge in [0.25, 0.3) is 5.56 Å². The molecule has 4 heterocycles. The van der Waals surface area contributed by atoms with Crippen molar-refractivity contribution in [3.8, 4) is 0 Å². The highest BCUT2D eigenvalue weighted by Gasteiger charge is 2.55. The van der Waals surface area contributed by atoms with Gasteiger partial charge in [0.15, 0.2) is 5.11 Å². The zero-order chi connectivity index (χ0) is 27.1. The van der Waals surface area contributed by atoms with E-state index in [1.165, 1.54) is 26.3 Å². The molecule has 1 aliphatic carbocycles. The Balaban J connectivity index is 1.30. The van der Waals surface area contributed by atoms with Crippen molar-refractivity contribution in [3.05, 3.63) is 81.3 Å². The maximum atomic E-state index is 14.2. The van der Waals surface area contributed by atoms with Crippen molar-refractivity contribution < 1.29 is 9.59 Å². The molecule has 0 unspecified atom stereocenters. The highest BCUT2D eigenvalue weighted by molar-refractivity contribution is 7.80. The zero-order valence-electron chi connectivity index (χ0n) is 22.4. The average molecular weight is 541 g/mol. The molecule has 0 N–H and O–H groups in total. The molecule has 1 aromatic heterocycles. The van der Waals surface area contributed by atoms with Gasteiger partial charge >= 0.3 is 0 Å². The number of pyridine rings is 1. The van der Waals surface area contributed by atoms with Gasteiger partial charge in [0.2, 0.25) is 11.8 Å². The highest BCUT2D eigenvalue weighted by Crippen LogP contribution is 2.41. The number of hydrogen-bond acceptors (Lipinski definition) is 5. The zero-order valence-corrected chi connectivity index (χ0v) is 23.2. The molecule has 2 amide bonds. The van der Waals surface area contributed by atoms with E-state index in [4.69, 9.17) is 12.2 Å². The van der Waals surface area contributed by atoms with Gasteiger partial charge in [0.1, 0.15) is 5.41 Å². The van der Waals surface area contributed by atoms with E-state index in [0.29, 0.717) is 32.0 Å². The SMILES string of the molecule is CN1C(=O)C(Cc2ccc3c4c(cccc24)CC3)(CN2C[C@@H]3C[C@H](C2)c2cccc(=O)n2C3)C(=O)N(C)C1=S. The lowest BCUT2D eigenvalue weighted by molar-refractivity contribution is -0.157. The van der Waals surface area contributed by atoms with Gasteiger partial charge in [0, 0.05) is 58.0 Å². The van der Waals surface area contributed by atoms with Gasteiger partial charge < -0.3 is 9.47 Å². The minimum absolute atomic E-state index is 0.0496. The van der Waals surface area contributed by atoms with E-state index in [-0.39, 0.29) is 28.4 Å². The van der Waals surface area contributed by atoms with E-state index in [9.17, 15) is 14.4 Å². The molecule has 39 heavy (non-hydrogen) atoms. The van der Waals surface area contributed by atoms with Crippen LogP contribution >= 0.6 is 12.2 Å². The maximum absolute atomic E-state index is 14.2. The van der Waals surface area contributed by atoms with Gasteiger partial charge in [-0.3, -0.25) is 24.2 Å². The predicted octanol–water partition coefficient (Wildman–Crippen LogP) is 2.96. The number of aryl methyl sites for hydroxylation is 2. The lowest BCUT2D eigenvalue weighted by atomic mass is 9.74. The molecule has 0 radical (unpaired) electrons. The molecule has 2 atom stereocenters. The van der Waals surface area contributed by atoms with Crippen LogP contribution in [0, 0.1) is 11.3 Å². The molecule has 2 fully saturated rings. The first kappa shape index (κ1) is 24.7. The number of carbonyl (C=O) groups is 2. The summed E-state index contributed by atoms with van der Waals surface area (Å²) >= 11 is 5.48. The van der Waals surface area contributed by atoms with Crippen LogP contribution in [-0.2, 0) is 35.4 Å². The fourth-order valence-corrected chi connectivity index (χ4v) is 7.93. The third kappa shape index (κ3) is 3.64. The van der Waals surface area contributed by atoms with Gasteiger partial charge in [-0.2, -0.15) is 0 Å². The number of hydrogen-bond donors (Lipinski definition) is 0. The fraction of sp³-hybridized carbons (Fsp3) is 0.419. The molecular weight excluding hydrogens is 508 g/mol. The van der Waals surface area contributed by atoms with E-state index in [1.807, 2.05) is 16.7 Å². The highest BCUT2D eigenvalue weighted by atomic mass is 32.1. The van der Waals surface area contributed by atoms with Gasteiger partial charge in [-0.05, 0) is 77.3 Å². The second-order valence-corrected chi connectivity index (χ2v) is 12.3. The fourth-order valence-electron chi connectivity index (χ4n) is 7.77. The molecule has 2 bridgehead atoms. The number of likely N-dealkylation sites (tertiary alicyclic amines) is 1. The minimum Gasteiger partial charge on any atom is -0.312 e. The number of fused-ring (bicyclic) bond motifs is 4. The van der Waals surface area contributed by atoms with Crippen molar-refractivity contribution in [2.45, 2.75) is 38.1 Å². The largest absolute Gasteiger partial charge is 0.312 e. The smallest absolute Gasteiger partial charge is 0.250 e. The van der Waals surface area contributed by atoms with Gasteiger partial charge in [-0.1, -0.05) is 36.4 Å². The van der Waals surface area contributed by atoms with Crippen LogP contribution in [0.3, 0.4) is 0 Å². The van der Waals surface area contributed by atoms with Gasteiger partial charge in [-0.25, -0.2) is 0 Å². The summed E-state index contributed by atoms with van der Waals surface area (Å²) in [5.74, 6) is 0.0403. The topological polar surface area (TPSA) is 65.9 Å². The molecule has 0 saturated carbocycles. The summed E-state index contributed by atoms with van der Waals surface area (Å²) < 4.78 is 1.91. The van der Waals surface area contributed by atoms with Gasteiger partial charge in [0.05, 0.1) is 0 Å². The second-order valence-electron chi connectivity index (χ2n) is 11.9. The molecule has 3 aliphatic heterocycles. The van der Waals surface area contributed by atoms with E-state index in [2.05, 4.69) is 35.2 Å². The Bertz CT molecular complexity index is 1590. The molecule has 4 aliphatic rings. The van der Waals surface area contributed by atoms with Crippen LogP contribution in [-0.4, -0.2) is 69.9 Å². The summed E-state index contributed by atoms with van der Waals surface area (Å²) in [6, 6.07) is 16.2. The number of carbonyl (C=O) groups excluding carboxylic acids is 2. The number of piperidine rings is 1. The quantitative estimate of drug-likeness (QED) is 0.376. The first-order valence-electron chi connectivity index (χ1n) is 13.8. The van der Waals surface area contributed by atoms with Crippen LogP contribution < -0.4 is 5.56 Å². The lowest BCUT2D eigenvalue weighted by Gasteiger charge is -2.48. The number of benzene rings is 2. The van der Waals surface area contributed by atoms with E-state index in [1.54, 1.807) is 20.2 Å². The summed E-state index contributed by atoms with van der Waals surface area (Å²) in [4.78, 5) is 46.2. The van der Waals surface area contributed by atoms with Crippen molar-refractivity contribution in [2.75, 3.05) is 33.7 Å². The normalized spacial score (nSPS) is 24.0. The summed E-state index contributed by atoms with van der Waals surface area (Å²) in [5, 5.41) is 2.67. The molecule has 200 valence electrons. The van der Waals surface area contributed by atoms with Crippen LogP contribution in [0.4, 0.5) is 0 Å². The van der Waals surface area contributed by atoms with Crippen LogP contribution in [0.15, 0.2) is 53.3 Å². The standard InChI is InChI=1S/C31H32N4O3S/c1-32-28(37)31(29(38)33(2)30(32)39,14-22-12-11-21-10-9-20-5-3-6-24(22)27(20)21)18-34-15-19-13-23(17-34)25-7-4-8-26(36)35(25)16-19/h3-8,11-12,19,23H,9-10,13-18H2,1-2H3/t19-,23+/m0/s1. The van der Waals surface area contributed by atoms with E-state index >= 15 is 0 Å². The Morgan fingerprint density at radius 1 is 0.872 bits per heavy atom. The molecule has 2 saturated heterocycles. The third-order valence-corrected chi connectivity index (χ3v) is 10.1. The van der Waals surface area contributed by atoms with Crippen molar-refractivity contribution in [1.29, 1.82) is 0 Å². The Morgan fingerprint density at radius 2 is 1.59 bits per heavy atom. The van der Waals surface area contributed by atoms with Gasteiger partial charge in [-0.15, -0.1) is 0 Å². The van der Waals surface area contributed by atoms with Crippen molar-refractivity contribution in [2.24, 2.45) is 11.3 Å². The Labute approximate surface area is 233 Å². The maximum Gasteiger partial charge on any atom is 0.250 e. The molecule has 8 heteroatoms. The molecule has 2 aromatic carbocycles.